The summed E-state index contributed by atoms with van der Waals surface area (Å²) in [5.74, 6) is 0. The quantitative estimate of drug-likeness (QED) is 0.742. The molecular formula is C4H9IInN. The van der Waals surface area contributed by atoms with Crippen LogP contribution in [0.2, 0.25) is 0 Å². The minimum absolute atomic E-state index is 0.402. The normalized spacial score (nSPS) is 14.1. The second kappa shape index (κ2) is 5.56. The zero-order chi connectivity index (χ0) is 5.70. The van der Waals surface area contributed by atoms with E-state index in [1.54, 1.807) is 0 Å². The standard InChI is InChI=1S/C3H8N.CHI.In/c1-2-3-4;1-2;/h3H,2,4H2,1H3;1H;. The molecule has 0 aliphatic heterocycles. The molecule has 0 bridgehead atoms. The summed E-state index contributed by atoms with van der Waals surface area (Å²) in [6.45, 7) is 2.15. The van der Waals surface area contributed by atoms with Gasteiger partial charge in [-0.2, -0.15) is 0 Å². The zero-order valence-corrected chi connectivity index (χ0v) is 9.85. The van der Waals surface area contributed by atoms with Crippen LogP contribution in [0.3, 0.4) is 0 Å². The Kier molecular flexibility index (Phi) is 6.70. The Morgan fingerprint density at radius 2 is 2.57 bits per heavy atom. The molecule has 3 heteroatoms. The Balaban J connectivity index is 3.16. The minimum atomic E-state index is -0.402. The van der Waals surface area contributed by atoms with Gasteiger partial charge in [0.25, 0.3) is 0 Å². The topological polar surface area (TPSA) is 26.0 Å². The fourth-order valence-corrected chi connectivity index (χ4v) is 5.12. The van der Waals surface area contributed by atoms with Crippen LogP contribution in [0.15, 0.2) is 0 Å². The van der Waals surface area contributed by atoms with E-state index >= 15 is 0 Å². The summed E-state index contributed by atoms with van der Waals surface area (Å²) in [6.07, 6.45) is 1.17. The first-order valence-electron chi connectivity index (χ1n) is 2.33. The number of hydrogen-bond acceptors (Lipinski definition) is 1. The molecule has 0 amide bonds. The molecule has 0 spiro atoms. The van der Waals surface area contributed by atoms with Crippen molar-refractivity contribution in [1.82, 2.24) is 0 Å². The van der Waals surface area contributed by atoms with E-state index in [4.69, 9.17) is 5.73 Å². The first-order valence-corrected chi connectivity index (χ1v) is 7.38. The molecule has 1 nitrogen and oxygen atoms in total. The SMILES string of the molecule is CC[CH](N)[In]=[CH]I. The van der Waals surface area contributed by atoms with Crippen molar-refractivity contribution in [2.24, 2.45) is 5.73 Å². The summed E-state index contributed by atoms with van der Waals surface area (Å²) in [4.78, 5) is 0. The predicted molar refractivity (Wildman–Crippen MR) is 44.1 cm³/mol. The Morgan fingerprint density at radius 3 is 2.71 bits per heavy atom. The zero-order valence-electron chi connectivity index (χ0n) is 4.39. The third kappa shape index (κ3) is 5.30. The van der Waals surface area contributed by atoms with Gasteiger partial charge in [0, 0.05) is 0 Å². The van der Waals surface area contributed by atoms with Crippen LogP contribution < -0.4 is 5.73 Å². The molecular weight excluding hydrogens is 304 g/mol. The molecule has 0 aromatic heterocycles. The van der Waals surface area contributed by atoms with Gasteiger partial charge in [0.05, 0.1) is 0 Å². The number of hydrogen-bond donors (Lipinski definition) is 1. The van der Waals surface area contributed by atoms with E-state index < -0.39 is 22.4 Å². The molecule has 1 unspecified atom stereocenters. The van der Waals surface area contributed by atoms with Gasteiger partial charge in [-0.25, -0.2) is 0 Å². The molecule has 0 aliphatic rings. The molecule has 0 fully saturated rings. The van der Waals surface area contributed by atoms with Gasteiger partial charge in [0.15, 0.2) is 0 Å². The number of halogens is 1. The van der Waals surface area contributed by atoms with Crippen molar-refractivity contribution in [2.45, 2.75) is 17.1 Å². The van der Waals surface area contributed by atoms with Gasteiger partial charge in [-0.15, -0.1) is 0 Å². The van der Waals surface area contributed by atoms with E-state index in [1.807, 2.05) is 0 Å². The van der Waals surface area contributed by atoms with Gasteiger partial charge in [-0.3, -0.25) is 0 Å². The summed E-state index contributed by atoms with van der Waals surface area (Å²) < 4.78 is 2.84. The fraction of sp³-hybridized carbons (Fsp3) is 0.750. The molecule has 2 N–H and O–H groups in total. The van der Waals surface area contributed by atoms with Crippen molar-refractivity contribution in [2.75, 3.05) is 0 Å². The number of rotatable bonds is 2. The molecule has 0 rings (SSSR count). The monoisotopic (exact) mass is 313 g/mol. The average Bonchev–Trinajstić information content (AvgIpc) is 1.68. The molecule has 0 aromatic rings. The summed E-state index contributed by atoms with van der Waals surface area (Å²) in [5, 5.41) is 0. The summed E-state index contributed by atoms with van der Waals surface area (Å²) in [5.41, 5.74) is 5.63. The Labute approximate surface area is 69.0 Å². The van der Waals surface area contributed by atoms with Crippen molar-refractivity contribution in [3.63, 3.8) is 0 Å². The molecule has 0 aromatic carbocycles. The second-order valence-corrected chi connectivity index (χ2v) is 10.5. The van der Waals surface area contributed by atoms with Crippen molar-refractivity contribution in [3.8, 4) is 0 Å². The van der Waals surface area contributed by atoms with Gasteiger partial charge in [0.1, 0.15) is 0 Å². The van der Waals surface area contributed by atoms with Gasteiger partial charge in [-0.05, 0) is 0 Å². The molecule has 0 heterocycles. The Hall–Kier alpha value is 1.43. The van der Waals surface area contributed by atoms with Crippen LogP contribution in [0.5, 0.6) is 0 Å². The van der Waals surface area contributed by atoms with Crippen molar-refractivity contribution < 1.29 is 0 Å². The first-order chi connectivity index (χ1) is 3.31. The van der Waals surface area contributed by atoms with E-state index in [1.165, 1.54) is 6.42 Å². The van der Waals surface area contributed by atoms with Crippen molar-refractivity contribution in [1.29, 1.82) is 0 Å². The summed E-state index contributed by atoms with van der Waals surface area (Å²) in [6, 6.07) is 0. The molecule has 7 heavy (non-hydrogen) atoms. The molecule has 0 aliphatic carbocycles. The second-order valence-electron chi connectivity index (χ2n) is 1.39. The van der Waals surface area contributed by atoms with Gasteiger partial charge < -0.3 is 0 Å². The first kappa shape index (κ1) is 8.43. The number of nitrogens with two attached hydrogens (primary N) is 1. The van der Waals surface area contributed by atoms with Gasteiger partial charge >= 0.3 is 69.7 Å². The van der Waals surface area contributed by atoms with Gasteiger partial charge in [0.2, 0.25) is 0 Å². The van der Waals surface area contributed by atoms with E-state index in [9.17, 15) is 0 Å². The van der Waals surface area contributed by atoms with Crippen molar-refractivity contribution >= 4 is 46.8 Å². The van der Waals surface area contributed by atoms with Crippen molar-refractivity contribution in [3.05, 3.63) is 0 Å². The van der Waals surface area contributed by atoms with E-state index in [-0.39, 0.29) is 0 Å². The third-order valence-corrected chi connectivity index (χ3v) is 6.75. The predicted octanol–water partition coefficient (Wildman–Crippen LogP) is 0.580. The van der Waals surface area contributed by atoms with E-state index in [0.717, 1.165) is 0 Å². The average molecular weight is 313 g/mol. The van der Waals surface area contributed by atoms with Crippen LogP contribution in [0.1, 0.15) is 13.3 Å². The fourth-order valence-electron chi connectivity index (χ4n) is 0.230. The summed E-state index contributed by atoms with van der Waals surface area (Å²) >= 11 is 1.90. The van der Waals surface area contributed by atoms with E-state index in [0.29, 0.717) is 3.80 Å². The molecule has 0 saturated carbocycles. The maximum atomic E-state index is 5.63. The van der Waals surface area contributed by atoms with Crippen LogP contribution in [0.25, 0.3) is 0 Å². The molecule has 0 saturated heterocycles. The van der Waals surface area contributed by atoms with Crippen LogP contribution in [-0.4, -0.2) is 28.0 Å². The van der Waals surface area contributed by atoms with Crippen LogP contribution in [-0.2, 0) is 0 Å². The Bertz CT molecular complexity index is 64.7. The Morgan fingerprint density at radius 1 is 2.00 bits per heavy atom. The van der Waals surface area contributed by atoms with E-state index in [2.05, 4.69) is 31.3 Å². The van der Waals surface area contributed by atoms with Crippen LogP contribution >= 0.6 is 22.6 Å². The van der Waals surface area contributed by atoms with Crippen LogP contribution in [0, 0.1) is 0 Å². The molecule has 40 valence electrons. The summed E-state index contributed by atoms with van der Waals surface area (Å²) in [7, 11) is 0. The maximum absolute atomic E-state index is 5.63. The molecule has 0 radical (unpaired) electrons. The van der Waals surface area contributed by atoms with Gasteiger partial charge in [-0.1, -0.05) is 0 Å². The third-order valence-electron chi connectivity index (χ3n) is 0.791. The molecule has 1 atom stereocenters. The van der Waals surface area contributed by atoms with Crippen LogP contribution in [0.4, 0.5) is 0 Å².